The lowest BCUT2D eigenvalue weighted by atomic mass is 10.1. The highest BCUT2D eigenvalue weighted by Gasteiger charge is 2.16. The van der Waals surface area contributed by atoms with Gasteiger partial charge in [0.2, 0.25) is 0 Å². The van der Waals surface area contributed by atoms with Gasteiger partial charge in [0.25, 0.3) is 0 Å². The molecule has 4 heteroatoms. The zero-order chi connectivity index (χ0) is 24.0. The molecule has 0 N–H and O–H groups in total. The number of benzene rings is 3. The Bertz CT molecular complexity index is 1080. The highest BCUT2D eigenvalue weighted by molar-refractivity contribution is 6.32. The van der Waals surface area contributed by atoms with Crippen molar-refractivity contribution in [2.24, 2.45) is 0 Å². The van der Waals surface area contributed by atoms with E-state index in [1.807, 2.05) is 12.1 Å². The molecule has 0 amide bonds. The molecule has 0 saturated carbocycles. The van der Waals surface area contributed by atoms with E-state index < -0.39 is 0 Å². The van der Waals surface area contributed by atoms with E-state index in [1.165, 1.54) is 22.3 Å². The highest BCUT2D eigenvalue weighted by Crippen LogP contribution is 2.34. The third-order valence-corrected chi connectivity index (χ3v) is 6.11. The third kappa shape index (κ3) is 7.67. The minimum Gasteiger partial charge on any atom is -0.540 e. The maximum absolute atomic E-state index is 6.33. The van der Waals surface area contributed by atoms with Gasteiger partial charge in [0.1, 0.15) is 28.7 Å². The normalized spacial score (nSPS) is 11.4. The quantitative estimate of drug-likeness (QED) is 0.300. The molecule has 0 spiro atoms. The van der Waals surface area contributed by atoms with Gasteiger partial charge < -0.3 is 13.9 Å². The summed E-state index contributed by atoms with van der Waals surface area (Å²) < 4.78 is 18.7. The molecule has 0 bridgehead atoms. The zero-order valence-electron chi connectivity index (χ0n) is 21.0. The fourth-order valence-corrected chi connectivity index (χ4v) is 4.02. The molecule has 0 aliphatic heterocycles. The van der Waals surface area contributed by atoms with Crippen LogP contribution in [0.1, 0.15) is 63.8 Å². The van der Waals surface area contributed by atoms with Gasteiger partial charge in [-0.25, -0.2) is 0 Å². The summed E-state index contributed by atoms with van der Waals surface area (Å²) in [4.78, 5) is 0. The second-order valence-electron chi connectivity index (χ2n) is 9.50. The smallest absolute Gasteiger partial charge is 0.316 e. The maximum atomic E-state index is 6.33. The SMILES string of the molecule is CCc1cc(C)cc(Oc2cc(CC)cc(Oc3cc(CC)cc(O[Si]C(C)(C)C)c3)c2)c1. The van der Waals surface area contributed by atoms with Gasteiger partial charge in [-0.15, -0.1) is 0 Å². The topological polar surface area (TPSA) is 27.7 Å². The van der Waals surface area contributed by atoms with Crippen LogP contribution in [0.3, 0.4) is 0 Å². The van der Waals surface area contributed by atoms with Crippen LogP contribution in [-0.4, -0.2) is 9.76 Å². The van der Waals surface area contributed by atoms with Crippen LogP contribution in [0, 0.1) is 6.92 Å². The Kier molecular flexibility index (Phi) is 8.25. The van der Waals surface area contributed by atoms with Crippen LogP contribution in [-0.2, 0) is 19.3 Å². The Hall–Kier alpha value is -2.72. The summed E-state index contributed by atoms with van der Waals surface area (Å²) in [5.74, 6) is 4.05. The van der Waals surface area contributed by atoms with E-state index in [1.54, 1.807) is 0 Å². The molecule has 0 heterocycles. The minimum atomic E-state index is 0.123. The Balaban J connectivity index is 1.87. The average Bonchev–Trinajstić information content (AvgIpc) is 2.76. The van der Waals surface area contributed by atoms with Gasteiger partial charge in [0.05, 0.1) is 0 Å². The maximum Gasteiger partial charge on any atom is 0.316 e. The average molecular weight is 461 g/mol. The fraction of sp³-hybridized carbons (Fsp3) is 0.379. The summed E-state index contributed by atoms with van der Waals surface area (Å²) in [6, 6.07) is 18.7. The lowest BCUT2D eigenvalue weighted by Crippen LogP contribution is -2.15. The molecule has 0 aliphatic carbocycles. The van der Waals surface area contributed by atoms with Gasteiger partial charge in [-0.2, -0.15) is 0 Å². The molecule has 0 unspecified atom stereocenters. The lowest BCUT2D eigenvalue weighted by molar-refractivity contribution is 0.456. The van der Waals surface area contributed by atoms with Gasteiger partial charge in [-0.1, -0.05) is 47.6 Å². The summed E-state index contributed by atoms with van der Waals surface area (Å²) in [6.07, 6.45) is 2.80. The molecule has 0 atom stereocenters. The van der Waals surface area contributed by atoms with Gasteiger partial charge in [-0.3, -0.25) is 0 Å². The number of aryl methyl sites for hydroxylation is 4. The molecule has 3 nitrogen and oxygen atoms in total. The second-order valence-corrected chi connectivity index (χ2v) is 11.4. The van der Waals surface area contributed by atoms with Crippen molar-refractivity contribution >= 4 is 9.76 Å². The molecule has 3 rings (SSSR count). The van der Waals surface area contributed by atoms with Gasteiger partial charge in [-0.05, 0) is 89.9 Å². The van der Waals surface area contributed by atoms with Crippen molar-refractivity contribution in [1.82, 2.24) is 0 Å². The van der Waals surface area contributed by atoms with E-state index >= 15 is 0 Å². The molecule has 0 aliphatic rings. The molecular weight excluding hydrogens is 424 g/mol. The monoisotopic (exact) mass is 460 g/mol. The van der Waals surface area contributed by atoms with Crippen molar-refractivity contribution in [1.29, 1.82) is 0 Å². The van der Waals surface area contributed by atoms with Crippen LogP contribution in [0.4, 0.5) is 0 Å². The summed E-state index contributed by atoms with van der Waals surface area (Å²) in [5.41, 5.74) is 4.83. The molecule has 2 radical (unpaired) electrons. The van der Waals surface area contributed by atoms with E-state index in [2.05, 4.69) is 90.9 Å². The molecule has 0 saturated heterocycles. The van der Waals surface area contributed by atoms with Gasteiger partial charge in [0, 0.05) is 12.1 Å². The molecular formula is C29H36O3Si. The van der Waals surface area contributed by atoms with Crippen molar-refractivity contribution in [2.75, 3.05) is 0 Å². The highest BCUT2D eigenvalue weighted by atomic mass is 28.2. The molecule has 33 heavy (non-hydrogen) atoms. The standard InChI is InChI=1S/C29H36O3Si/c1-8-21-11-20(4)12-24(13-21)30-25-14-22(9-2)15-26(18-25)31-27-16-23(10-3)17-28(19-27)32-33-29(5,6)7/h11-19H,8-10H2,1-7H3. The lowest BCUT2D eigenvalue weighted by Gasteiger charge is -2.18. The van der Waals surface area contributed by atoms with Gasteiger partial charge >= 0.3 is 9.76 Å². The van der Waals surface area contributed by atoms with Crippen molar-refractivity contribution in [3.8, 4) is 28.7 Å². The molecule has 3 aromatic carbocycles. The van der Waals surface area contributed by atoms with Crippen LogP contribution in [0.25, 0.3) is 0 Å². The van der Waals surface area contributed by atoms with Crippen molar-refractivity contribution < 1.29 is 13.9 Å². The Morgan fingerprint density at radius 1 is 0.576 bits per heavy atom. The van der Waals surface area contributed by atoms with E-state index in [-0.39, 0.29) is 5.04 Å². The third-order valence-electron chi connectivity index (χ3n) is 5.16. The largest absolute Gasteiger partial charge is 0.540 e. The molecule has 0 aromatic heterocycles. The predicted octanol–water partition coefficient (Wildman–Crippen LogP) is 8.48. The first-order valence-electron chi connectivity index (χ1n) is 11.9. The number of hydrogen-bond acceptors (Lipinski definition) is 3. The number of hydrogen-bond donors (Lipinski definition) is 0. The molecule has 174 valence electrons. The summed E-state index contributed by atoms with van der Waals surface area (Å²) in [5, 5.41) is 0.123. The number of ether oxygens (including phenoxy) is 2. The Morgan fingerprint density at radius 3 is 1.42 bits per heavy atom. The van der Waals surface area contributed by atoms with E-state index in [4.69, 9.17) is 13.9 Å². The zero-order valence-corrected chi connectivity index (χ0v) is 22.0. The first-order chi connectivity index (χ1) is 15.7. The molecule has 0 fully saturated rings. The van der Waals surface area contributed by atoms with E-state index in [0.29, 0.717) is 9.76 Å². The second kappa shape index (κ2) is 10.9. The Labute approximate surface area is 202 Å². The van der Waals surface area contributed by atoms with Crippen LogP contribution in [0.2, 0.25) is 5.04 Å². The summed E-state index contributed by atoms with van der Waals surface area (Å²) in [6.45, 7) is 15.1. The van der Waals surface area contributed by atoms with Crippen molar-refractivity contribution in [2.45, 2.75) is 72.8 Å². The van der Waals surface area contributed by atoms with Crippen molar-refractivity contribution in [3.63, 3.8) is 0 Å². The van der Waals surface area contributed by atoms with Gasteiger partial charge in [0.15, 0.2) is 0 Å². The van der Waals surface area contributed by atoms with Crippen LogP contribution < -0.4 is 13.9 Å². The van der Waals surface area contributed by atoms with Crippen molar-refractivity contribution in [3.05, 3.63) is 76.9 Å². The first kappa shape index (κ1) is 24.9. The summed E-state index contributed by atoms with van der Waals surface area (Å²) >= 11 is 0. The Morgan fingerprint density at radius 2 is 0.970 bits per heavy atom. The van der Waals surface area contributed by atoms with E-state index in [9.17, 15) is 0 Å². The molecule has 3 aromatic rings. The van der Waals surface area contributed by atoms with Crippen LogP contribution in [0.15, 0.2) is 54.6 Å². The van der Waals surface area contributed by atoms with Crippen LogP contribution >= 0.6 is 0 Å². The summed E-state index contributed by atoms with van der Waals surface area (Å²) in [7, 11) is 0.383. The number of rotatable bonds is 9. The van der Waals surface area contributed by atoms with Crippen LogP contribution in [0.5, 0.6) is 28.7 Å². The predicted molar refractivity (Wildman–Crippen MR) is 138 cm³/mol. The van der Waals surface area contributed by atoms with E-state index in [0.717, 1.165) is 48.0 Å². The fourth-order valence-electron chi connectivity index (χ4n) is 3.48. The first-order valence-corrected chi connectivity index (χ1v) is 12.8. The minimum absolute atomic E-state index is 0.123.